The molecule has 0 unspecified atom stereocenters. The molecule has 0 aliphatic carbocycles. The molecule has 0 atom stereocenters. The van der Waals surface area contributed by atoms with Crippen molar-refractivity contribution in [2.75, 3.05) is 13.2 Å². The van der Waals surface area contributed by atoms with E-state index in [9.17, 15) is 8.42 Å². The minimum atomic E-state index is -3.57. The van der Waals surface area contributed by atoms with Gasteiger partial charge in [0.25, 0.3) is 10.1 Å². The molecule has 0 aliphatic heterocycles. The van der Waals surface area contributed by atoms with Crippen molar-refractivity contribution in [3.63, 3.8) is 0 Å². The monoisotopic (exact) mass is 498 g/mol. The fourth-order valence-corrected chi connectivity index (χ4v) is 4.22. The molecule has 4 nitrogen and oxygen atoms in total. The standard InChI is InChI=1S/C18H30O3S.C8H18O.Ca.2H/c1-2-3-4-5-6-7-8-9-10-14-17-21-22(19,20)18-15-12-11-13-16-18;1-8(2)6-4-3-5-7-9;;;/h11-13,15-16H,2-10,14,17H2,1H3;8-9H,3-7H2,1-2H3;;;. The Kier molecular flexibility index (Phi) is 26.4. The van der Waals surface area contributed by atoms with Gasteiger partial charge in [0, 0.05) is 6.61 Å². The summed E-state index contributed by atoms with van der Waals surface area (Å²) in [7, 11) is -3.57. The Morgan fingerprint density at radius 2 is 1.28 bits per heavy atom. The van der Waals surface area contributed by atoms with Crippen LogP contribution < -0.4 is 0 Å². The molecular formula is C26H50CaO4S. The van der Waals surface area contributed by atoms with Crippen LogP contribution in [0.4, 0.5) is 0 Å². The molecule has 6 heteroatoms. The maximum absolute atomic E-state index is 11.9. The van der Waals surface area contributed by atoms with Gasteiger partial charge in [-0.2, -0.15) is 8.42 Å². The van der Waals surface area contributed by atoms with Crippen molar-refractivity contribution in [2.45, 2.75) is 116 Å². The molecule has 0 saturated heterocycles. The fourth-order valence-electron chi connectivity index (χ4n) is 3.25. The van der Waals surface area contributed by atoms with Gasteiger partial charge in [0.05, 0.1) is 11.5 Å². The second-order valence-electron chi connectivity index (χ2n) is 8.74. The molecule has 1 aromatic carbocycles. The van der Waals surface area contributed by atoms with Gasteiger partial charge in [-0.15, -0.1) is 0 Å². The molecule has 0 bridgehead atoms. The number of aliphatic hydroxyl groups excluding tert-OH is 1. The van der Waals surface area contributed by atoms with Crippen LogP contribution >= 0.6 is 0 Å². The van der Waals surface area contributed by atoms with Gasteiger partial charge in [-0.1, -0.05) is 116 Å². The second-order valence-corrected chi connectivity index (χ2v) is 10.4. The Labute approximate surface area is 229 Å². The van der Waals surface area contributed by atoms with E-state index in [1.165, 1.54) is 70.6 Å². The summed E-state index contributed by atoms with van der Waals surface area (Å²) in [5, 5.41) is 8.43. The van der Waals surface area contributed by atoms with E-state index < -0.39 is 10.1 Å². The third-order valence-electron chi connectivity index (χ3n) is 5.21. The van der Waals surface area contributed by atoms with Crippen molar-refractivity contribution < 1.29 is 17.7 Å². The average molecular weight is 499 g/mol. The van der Waals surface area contributed by atoms with Gasteiger partial charge in [-0.3, -0.25) is 4.18 Å². The van der Waals surface area contributed by atoms with Gasteiger partial charge in [-0.05, 0) is 30.9 Å². The summed E-state index contributed by atoms with van der Waals surface area (Å²) in [6.45, 7) is 7.35. The molecule has 0 aliphatic rings. The van der Waals surface area contributed by atoms with E-state index >= 15 is 0 Å². The molecule has 0 saturated carbocycles. The first-order valence-electron chi connectivity index (χ1n) is 12.5. The summed E-state index contributed by atoms with van der Waals surface area (Å²) in [6, 6.07) is 8.33. The normalized spacial score (nSPS) is 11.0. The van der Waals surface area contributed by atoms with E-state index in [-0.39, 0.29) is 49.2 Å². The first-order valence-corrected chi connectivity index (χ1v) is 13.9. The van der Waals surface area contributed by atoms with Crippen molar-refractivity contribution in [1.82, 2.24) is 0 Å². The van der Waals surface area contributed by atoms with Gasteiger partial charge in [-0.25, -0.2) is 0 Å². The van der Waals surface area contributed by atoms with Gasteiger partial charge < -0.3 is 5.11 Å². The van der Waals surface area contributed by atoms with Gasteiger partial charge in [0.1, 0.15) is 0 Å². The van der Waals surface area contributed by atoms with Crippen LogP contribution in [-0.2, 0) is 14.3 Å². The van der Waals surface area contributed by atoms with E-state index in [1.54, 1.807) is 30.3 Å². The fraction of sp³-hybridized carbons (Fsp3) is 0.769. The van der Waals surface area contributed by atoms with E-state index in [4.69, 9.17) is 9.29 Å². The van der Waals surface area contributed by atoms with E-state index in [0.29, 0.717) is 6.61 Å². The molecule has 1 rings (SSSR count). The average Bonchev–Trinajstić information content (AvgIpc) is 2.76. The van der Waals surface area contributed by atoms with Crippen molar-refractivity contribution in [2.24, 2.45) is 5.92 Å². The summed E-state index contributed by atoms with van der Waals surface area (Å²) >= 11 is 0. The van der Waals surface area contributed by atoms with Crippen LogP contribution in [0, 0.1) is 5.92 Å². The molecular weight excluding hydrogens is 448 g/mol. The SMILES string of the molecule is CC(C)CCCCCO.CCCCCCCCCCCCOS(=O)(=O)c1ccccc1.[CaH2]. The zero-order valence-electron chi connectivity index (χ0n) is 20.4. The first kappa shape index (κ1) is 34.5. The molecule has 1 aromatic rings. The summed E-state index contributed by atoms with van der Waals surface area (Å²) in [5.74, 6) is 0.823. The van der Waals surface area contributed by atoms with Crippen molar-refractivity contribution in [3.05, 3.63) is 30.3 Å². The summed E-state index contributed by atoms with van der Waals surface area (Å²) in [6.07, 6.45) is 17.0. The van der Waals surface area contributed by atoms with Crippen LogP contribution in [0.3, 0.4) is 0 Å². The van der Waals surface area contributed by atoms with Crippen LogP contribution in [0.2, 0.25) is 0 Å². The predicted molar refractivity (Wildman–Crippen MR) is 140 cm³/mol. The third-order valence-corrected chi connectivity index (χ3v) is 6.53. The Morgan fingerprint density at radius 1 is 0.781 bits per heavy atom. The van der Waals surface area contributed by atoms with E-state index in [1.807, 2.05) is 0 Å². The molecule has 0 radical (unpaired) electrons. The number of aliphatic hydroxyl groups is 1. The van der Waals surface area contributed by atoms with Crippen molar-refractivity contribution in [1.29, 1.82) is 0 Å². The zero-order valence-corrected chi connectivity index (χ0v) is 21.2. The Balaban J connectivity index is 0. The van der Waals surface area contributed by atoms with Gasteiger partial charge >= 0.3 is 37.7 Å². The molecule has 0 aromatic heterocycles. The zero-order chi connectivity index (χ0) is 23.2. The van der Waals surface area contributed by atoms with Crippen LogP contribution in [0.15, 0.2) is 35.2 Å². The van der Waals surface area contributed by atoms with Crippen molar-refractivity contribution >= 4 is 47.9 Å². The van der Waals surface area contributed by atoms with E-state index in [2.05, 4.69) is 20.8 Å². The molecule has 0 heterocycles. The molecule has 1 N–H and O–H groups in total. The summed E-state index contributed by atoms with van der Waals surface area (Å²) in [5.41, 5.74) is 0. The van der Waals surface area contributed by atoms with Crippen LogP contribution in [0.1, 0.15) is 111 Å². The third kappa shape index (κ3) is 22.2. The van der Waals surface area contributed by atoms with Crippen LogP contribution in [-0.4, -0.2) is 64.5 Å². The Hall–Kier alpha value is 0.350. The molecule has 0 fully saturated rings. The molecule has 32 heavy (non-hydrogen) atoms. The van der Waals surface area contributed by atoms with Gasteiger partial charge in [0.15, 0.2) is 0 Å². The Morgan fingerprint density at radius 3 is 1.78 bits per heavy atom. The minimum absolute atomic E-state index is 0. The van der Waals surface area contributed by atoms with Gasteiger partial charge in [0.2, 0.25) is 0 Å². The quantitative estimate of drug-likeness (QED) is 0.141. The predicted octanol–water partition coefficient (Wildman–Crippen LogP) is 6.59. The van der Waals surface area contributed by atoms with Crippen molar-refractivity contribution in [3.8, 4) is 0 Å². The molecule has 0 amide bonds. The number of unbranched alkanes of at least 4 members (excludes halogenated alkanes) is 11. The number of hydrogen-bond acceptors (Lipinski definition) is 4. The first-order chi connectivity index (χ1) is 14.9. The van der Waals surface area contributed by atoms with Crippen LogP contribution in [0.25, 0.3) is 0 Å². The maximum atomic E-state index is 11.9. The number of benzene rings is 1. The number of rotatable bonds is 18. The summed E-state index contributed by atoms with van der Waals surface area (Å²) in [4.78, 5) is 0.238. The topological polar surface area (TPSA) is 63.6 Å². The Bertz CT molecular complexity index is 591. The second kappa shape index (κ2) is 24.5. The number of hydrogen-bond donors (Lipinski definition) is 1. The molecule has 186 valence electrons. The van der Waals surface area contributed by atoms with E-state index in [0.717, 1.165) is 25.2 Å². The van der Waals surface area contributed by atoms with Crippen LogP contribution in [0.5, 0.6) is 0 Å². The molecule has 0 spiro atoms. The summed E-state index contributed by atoms with van der Waals surface area (Å²) < 4.78 is 28.8.